The highest BCUT2D eigenvalue weighted by Gasteiger charge is 2.34. The standard InChI is InChI=1S/C20H21F3N2O3/c1-14-2-5-17(28-14)6-7-19(26)24-13-15-3-4-16(12-18(15)20(21,22)23)25-8-10-27-11-9-25/h2-7,12H,8-11,13H2,1H3,(H,24,26). The SMILES string of the molecule is Cc1ccc(C=CC(=O)NCc2ccc(N3CCOCC3)cc2C(F)(F)F)o1. The van der Waals surface area contributed by atoms with Gasteiger partial charge >= 0.3 is 6.18 Å². The molecular weight excluding hydrogens is 373 g/mol. The smallest absolute Gasteiger partial charge is 0.416 e. The Balaban J connectivity index is 1.69. The first kappa shape index (κ1) is 20.0. The first-order valence-electron chi connectivity index (χ1n) is 8.88. The molecule has 0 unspecified atom stereocenters. The zero-order valence-corrected chi connectivity index (χ0v) is 15.4. The number of nitrogens with one attached hydrogen (secondary N) is 1. The van der Waals surface area contributed by atoms with Crippen LogP contribution < -0.4 is 10.2 Å². The Hall–Kier alpha value is -2.74. The maximum Gasteiger partial charge on any atom is 0.416 e. The summed E-state index contributed by atoms with van der Waals surface area (Å²) in [5.41, 5.74) is -0.235. The van der Waals surface area contributed by atoms with E-state index in [1.165, 1.54) is 18.2 Å². The van der Waals surface area contributed by atoms with Gasteiger partial charge in [-0.3, -0.25) is 4.79 Å². The highest BCUT2D eigenvalue weighted by Crippen LogP contribution is 2.35. The number of furan rings is 1. The molecule has 28 heavy (non-hydrogen) atoms. The number of anilines is 1. The van der Waals surface area contributed by atoms with E-state index >= 15 is 0 Å². The number of alkyl halides is 3. The van der Waals surface area contributed by atoms with Crippen LogP contribution in [0.3, 0.4) is 0 Å². The fourth-order valence-corrected chi connectivity index (χ4v) is 2.94. The van der Waals surface area contributed by atoms with Gasteiger partial charge < -0.3 is 19.4 Å². The number of morpholine rings is 1. The van der Waals surface area contributed by atoms with Crippen molar-refractivity contribution in [2.75, 3.05) is 31.2 Å². The van der Waals surface area contributed by atoms with Gasteiger partial charge in [-0.15, -0.1) is 0 Å². The minimum absolute atomic E-state index is 0.0140. The van der Waals surface area contributed by atoms with E-state index in [2.05, 4.69) is 5.32 Å². The van der Waals surface area contributed by atoms with Crippen LogP contribution in [0, 0.1) is 6.92 Å². The van der Waals surface area contributed by atoms with Crippen LogP contribution >= 0.6 is 0 Å². The van der Waals surface area contributed by atoms with Gasteiger partial charge in [-0.05, 0) is 42.8 Å². The van der Waals surface area contributed by atoms with Gasteiger partial charge in [0.15, 0.2) is 0 Å². The van der Waals surface area contributed by atoms with E-state index in [9.17, 15) is 18.0 Å². The molecule has 5 nitrogen and oxygen atoms in total. The number of aryl methyl sites for hydroxylation is 1. The third-order valence-corrected chi connectivity index (χ3v) is 4.39. The average molecular weight is 394 g/mol. The topological polar surface area (TPSA) is 54.7 Å². The lowest BCUT2D eigenvalue weighted by Gasteiger charge is -2.29. The molecule has 0 saturated carbocycles. The highest BCUT2D eigenvalue weighted by atomic mass is 19.4. The molecule has 150 valence electrons. The van der Waals surface area contributed by atoms with Crippen LogP contribution in [0.1, 0.15) is 22.6 Å². The monoisotopic (exact) mass is 394 g/mol. The van der Waals surface area contributed by atoms with Gasteiger partial charge in [-0.1, -0.05) is 6.07 Å². The summed E-state index contributed by atoms with van der Waals surface area (Å²) in [6, 6.07) is 7.64. The number of hydrogen-bond donors (Lipinski definition) is 1. The van der Waals surface area contributed by atoms with Crippen molar-refractivity contribution in [3.63, 3.8) is 0 Å². The molecule has 2 heterocycles. The minimum Gasteiger partial charge on any atom is -0.462 e. The molecule has 0 radical (unpaired) electrons. The summed E-state index contributed by atoms with van der Waals surface area (Å²) in [5.74, 6) is 0.702. The molecule has 0 aliphatic carbocycles. The van der Waals surface area contributed by atoms with Gasteiger partial charge in [-0.25, -0.2) is 0 Å². The number of nitrogens with zero attached hydrogens (tertiary/aromatic N) is 1. The second kappa shape index (κ2) is 8.52. The lowest BCUT2D eigenvalue weighted by molar-refractivity contribution is -0.138. The molecule has 8 heteroatoms. The molecule has 1 aromatic carbocycles. The second-order valence-corrected chi connectivity index (χ2v) is 6.44. The number of ether oxygens (including phenoxy) is 1. The van der Waals surface area contributed by atoms with E-state index in [0.29, 0.717) is 43.5 Å². The van der Waals surface area contributed by atoms with Crippen molar-refractivity contribution in [1.82, 2.24) is 5.32 Å². The van der Waals surface area contributed by atoms with Crippen LogP contribution in [0.2, 0.25) is 0 Å². The lowest BCUT2D eigenvalue weighted by Crippen LogP contribution is -2.36. The largest absolute Gasteiger partial charge is 0.462 e. The number of benzene rings is 1. The minimum atomic E-state index is -4.51. The van der Waals surface area contributed by atoms with Gasteiger partial charge in [0.1, 0.15) is 11.5 Å². The average Bonchev–Trinajstić information content (AvgIpc) is 3.10. The Morgan fingerprint density at radius 1 is 1.21 bits per heavy atom. The van der Waals surface area contributed by atoms with E-state index < -0.39 is 17.6 Å². The van der Waals surface area contributed by atoms with Crippen LogP contribution in [0.4, 0.5) is 18.9 Å². The molecule has 1 aliphatic heterocycles. The maximum absolute atomic E-state index is 13.5. The van der Waals surface area contributed by atoms with Crippen molar-refractivity contribution in [3.05, 3.63) is 59.1 Å². The summed E-state index contributed by atoms with van der Waals surface area (Å²) in [7, 11) is 0. The third kappa shape index (κ3) is 5.16. The van der Waals surface area contributed by atoms with E-state index in [0.717, 1.165) is 6.07 Å². The summed E-state index contributed by atoms with van der Waals surface area (Å²) in [4.78, 5) is 13.8. The number of carbonyl (C=O) groups is 1. The van der Waals surface area contributed by atoms with Crippen molar-refractivity contribution in [2.24, 2.45) is 0 Å². The summed E-state index contributed by atoms with van der Waals surface area (Å²) in [5, 5.41) is 2.49. The van der Waals surface area contributed by atoms with Crippen LogP contribution in [-0.2, 0) is 22.3 Å². The quantitative estimate of drug-likeness (QED) is 0.785. The molecule has 1 saturated heterocycles. The number of rotatable bonds is 5. The number of hydrogen-bond acceptors (Lipinski definition) is 4. The van der Waals surface area contributed by atoms with Crippen molar-refractivity contribution in [2.45, 2.75) is 19.6 Å². The Kier molecular flexibility index (Phi) is 6.08. The molecule has 1 N–H and O–H groups in total. The van der Waals surface area contributed by atoms with Gasteiger partial charge in [0.25, 0.3) is 0 Å². The Morgan fingerprint density at radius 3 is 2.61 bits per heavy atom. The molecule has 1 aliphatic rings. The number of halogens is 3. The molecule has 1 fully saturated rings. The zero-order valence-electron chi connectivity index (χ0n) is 15.4. The Bertz CT molecular complexity index is 853. The van der Waals surface area contributed by atoms with E-state index in [4.69, 9.17) is 9.15 Å². The molecule has 0 spiro atoms. The summed E-state index contributed by atoms with van der Waals surface area (Å²) in [6.07, 6.45) is -1.81. The fraction of sp³-hybridized carbons (Fsp3) is 0.350. The normalized spacial score (nSPS) is 15.2. The van der Waals surface area contributed by atoms with Crippen LogP contribution in [0.25, 0.3) is 6.08 Å². The second-order valence-electron chi connectivity index (χ2n) is 6.44. The molecule has 2 aromatic rings. The first-order chi connectivity index (χ1) is 13.3. The molecular formula is C20H21F3N2O3. The molecule has 1 amide bonds. The first-order valence-corrected chi connectivity index (χ1v) is 8.88. The summed E-state index contributed by atoms with van der Waals surface area (Å²) < 4.78 is 51.1. The zero-order chi connectivity index (χ0) is 20.1. The summed E-state index contributed by atoms with van der Waals surface area (Å²) >= 11 is 0. The van der Waals surface area contributed by atoms with E-state index in [-0.39, 0.29) is 12.1 Å². The van der Waals surface area contributed by atoms with Gasteiger partial charge in [-0.2, -0.15) is 13.2 Å². The van der Waals surface area contributed by atoms with Crippen LogP contribution in [0.5, 0.6) is 0 Å². The number of amides is 1. The molecule has 0 bridgehead atoms. The van der Waals surface area contributed by atoms with E-state index in [1.54, 1.807) is 25.1 Å². The predicted octanol–water partition coefficient (Wildman–Crippen LogP) is 3.77. The van der Waals surface area contributed by atoms with Gasteiger partial charge in [0, 0.05) is 31.4 Å². The molecule has 0 atom stereocenters. The summed E-state index contributed by atoms with van der Waals surface area (Å²) in [6.45, 7) is 3.62. The van der Waals surface area contributed by atoms with Crippen molar-refractivity contribution >= 4 is 17.7 Å². The Labute approximate surface area is 160 Å². The number of carbonyl (C=O) groups excluding carboxylic acids is 1. The highest BCUT2D eigenvalue weighted by molar-refractivity contribution is 5.91. The Morgan fingerprint density at radius 2 is 1.96 bits per heavy atom. The van der Waals surface area contributed by atoms with Gasteiger partial charge in [0.2, 0.25) is 5.91 Å². The third-order valence-electron chi connectivity index (χ3n) is 4.39. The van der Waals surface area contributed by atoms with Crippen LogP contribution in [0.15, 0.2) is 40.8 Å². The molecule has 1 aromatic heterocycles. The van der Waals surface area contributed by atoms with E-state index in [1.807, 2.05) is 4.90 Å². The predicted molar refractivity (Wildman–Crippen MR) is 98.8 cm³/mol. The van der Waals surface area contributed by atoms with Gasteiger partial charge in [0.05, 0.1) is 18.8 Å². The fourth-order valence-electron chi connectivity index (χ4n) is 2.94. The van der Waals surface area contributed by atoms with Crippen molar-refractivity contribution < 1.29 is 27.1 Å². The maximum atomic E-state index is 13.5. The van der Waals surface area contributed by atoms with Crippen LogP contribution in [-0.4, -0.2) is 32.2 Å². The lowest BCUT2D eigenvalue weighted by atomic mass is 10.0. The molecule has 3 rings (SSSR count). The van der Waals surface area contributed by atoms with Crippen molar-refractivity contribution in [3.8, 4) is 0 Å². The van der Waals surface area contributed by atoms with Crippen molar-refractivity contribution in [1.29, 1.82) is 0 Å².